The molecule has 0 bridgehead atoms. The van der Waals surface area contributed by atoms with Crippen LogP contribution in [0.15, 0.2) is 72.8 Å². The van der Waals surface area contributed by atoms with Crippen LogP contribution in [0.1, 0.15) is 12.0 Å². The number of ether oxygens (including phenoxy) is 1. The maximum Gasteiger partial charge on any atom is 0.319 e. The van der Waals surface area contributed by atoms with E-state index in [0.717, 1.165) is 33.9 Å². The molecule has 5 nitrogen and oxygen atoms in total. The zero-order chi connectivity index (χ0) is 20.8. The third-order valence-corrected chi connectivity index (χ3v) is 5.62. The standard InChI is InChI=1S/C24H23N3O2S/c1-17-8-13-21-22(16-17)30-23(27-21)18-9-11-19(12-10-18)26-24(28)25-14-5-15-29-20-6-3-2-4-7-20/h2-4,6-13,16H,5,14-15H2,1H3,(H2,25,26,28). The summed E-state index contributed by atoms with van der Waals surface area (Å²) in [6.45, 7) is 3.18. The van der Waals surface area contributed by atoms with E-state index in [1.165, 1.54) is 10.3 Å². The average molecular weight is 418 g/mol. The lowest BCUT2D eigenvalue weighted by atomic mass is 10.2. The Hall–Kier alpha value is -3.38. The highest BCUT2D eigenvalue weighted by molar-refractivity contribution is 7.21. The summed E-state index contributed by atoms with van der Waals surface area (Å²) in [7, 11) is 0. The van der Waals surface area contributed by atoms with Crippen molar-refractivity contribution in [3.05, 3.63) is 78.4 Å². The number of anilines is 1. The molecular weight excluding hydrogens is 394 g/mol. The minimum atomic E-state index is -0.224. The number of fused-ring (bicyclic) bond motifs is 1. The number of nitrogens with zero attached hydrogens (tertiary/aromatic N) is 1. The van der Waals surface area contributed by atoms with Crippen molar-refractivity contribution in [3.63, 3.8) is 0 Å². The fraction of sp³-hybridized carbons (Fsp3) is 0.167. The highest BCUT2D eigenvalue weighted by Crippen LogP contribution is 2.31. The Morgan fingerprint density at radius 1 is 1.03 bits per heavy atom. The summed E-state index contributed by atoms with van der Waals surface area (Å²) < 4.78 is 6.80. The number of hydrogen-bond acceptors (Lipinski definition) is 4. The maximum atomic E-state index is 12.1. The molecule has 0 aliphatic heterocycles. The van der Waals surface area contributed by atoms with Gasteiger partial charge in [-0.15, -0.1) is 11.3 Å². The molecule has 1 aromatic heterocycles. The van der Waals surface area contributed by atoms with Gasteiger partial charge in [0.2, 0.25) is 0 Å². The Balaban J connectivity index is 1.25. The summed E-state index contributed by atoms with van der Waals surface area (Å²) in [5.74, 6) is 0.838. The number of para-hydroxylation sites is 1. The quantitative estimate of drug-likeness (QED) is 0.370. The minimum absolute atomic E-state index is 0.224. The zero-order valence-electron chi connectivity index (χ0n) is 16.7. The van der Waals surface area contributed by atoms with Crippen LogP contribution in [0.2, 0.25) is 0 Å². The van der Waals surface area contributed by atoms with Crippen LogP contribution in [0.3, 0.4) is 0 Å². The van der Waals surface area contributed by atoms with Crippen LogP contribution in [0.4, 0.5) is 10.5 Å². The third-order valence-electron chi connectivity index (χ3n) is 4.55. The van der Waals surface area contributed by atoms with Gasteiger partial charge in [0.05, 0.1) is 16.8 Å². The summed E-state index contributed by atoms with van der Waals surface area (Å²) in [5.41, 5.74) is 4.03. The van der Waals surface area contributed by atoms with E-state index < -0.39 is 0 Å². The largest absolute Gasteiger partial charge is 0.494 e. The van der Waals surface area contributed by atoms with Gasteiger partial charge in [0.1, 0.15) is 10.8 Å². The van der Waals surface area contributed by atoms with E-state index in [1.807, 2.05) is 54.6 Å². The van der Waals surface area contributed by atoms with Gasteiger partial charge in [-0.25, -0.2) is 9.78 Å². The van der Waals surface area contributed by atoms with E-state index in [9.17, 15) is 4.79 Å². The second-order valence-corrected chi connectivity index (χ2v) is 7.99. The van der Waals surface area contributed by atoms with Gasteiger partial charge in [-0.2, -0.15) is 0 Å². The Bertz CT molecular complexity index is 1120. The lowest BCUT2D eigenvalue weighted by Crippen LogP contribution is -2.30. The molecular formula is C24H23N3O2S. The molecule has 4 rings (SSSR count). The van der Waals surface area contributed by atoms with E-state index in [0.29, 0.717) is 13.2 Å². The molecule has 152 valence electrons. The molecule has 30 heavy (non-hydrogen) atoms. The third kappa shape index (κ3) is 5.15. The van der Waals surface area contributed by atoms with Gasteiger partial charge in [-0.3, -0.25) is 0 Å². The Morgan fingerprint density at radius 3 is 2.63 bits per heavy atom. The fourth-order valence-corrected chi connectivity index (χ4v) is 4.08. The Labute approximate surface area is 179 Å². The normalized spacial score (nSPS) is 10.7. The number of hydrogen-bond donors (Lipinski definition) is 2. The van der Waals surface area contributed by atoms with E-state index >= 15 is 0 Å². The fourth-order valence-electron chi connectivity index (χ4n) is 3.01. The topological polar surface area (TPSA) is 63.2 Å². The van der Waals surface area contributed by atoms with Crippen molar-refractivity contribution in [1.29, 1.82) is 0 Å². The summed E-state index contributed by atoms with van der Waals surface area (Å²) in [6.07, 6.45) is 0.734. The molecule has 0 aliphatic rings. The van der Waals surface area contributed by atoms with E-state index in [1.54, 1.807) is 11.3 Å². The molecule has 0 saturated carbocycles. The van der Waals surface area contributed by atoms with Crippen LogP contribution in [0, 0.1) is 6.92 Å². The molecule has 0 saturated heterocycles. The Morgan fingerprint density at radius 2 is 1.83 bits per heavy atom. The van der Waals surface area contributed by atoms with Gasteiger partial charge in [0.15, 0.2) is 0 Å². The molecule has 1 heterocycles. The molecule has 0 aliphatic carbocycles. The number of carbonyl (C=O) groups excluding carboxylic acids is 1. The monoisotopic (exact) mass is 417 g/mol. The van der Waals surface area contributed by atoms with E-state index in [4.69, 9.17) is 9.72 Å². The molecule has 0 spiro atoms. The van der Waals surface area contributed by atoms with Crippen molar-refractivity contribution in [1.82, 2.24) is 10.3 Å². The molecule has 4 aromatic rings. The highest BCUT2D eigenvalue weighted by atomic mass is 32.1. The van der Waals surface area contributed by atoms with Crippen LogP contribution in [0.5, 0.6) is 5.75 Å². The van der Waals surface area contributed by atoms with Crippen LogP contribution in [0.25, 0.3) is 20.8 Å². The molecule has 6 heteroatoms. The van der Waals surface area contributed by atoms with Gasteiger partial charge in [0, 0.05) is 17.8 Å². The summed E-state index contributed by atoms with van der Waals surface area (Å²) >= 11 is 1.68. The smallest absolute Gasteiger partial charge is 0.319 e. The SMILES string of the molecule is Cc1ccc2nc(-c3ccc(NC(=O)NCCCOc4ccccc4)cc3)sc2c1. The number of carbonyl (C=O) groups is 1. The number of rotatable bonds is 7. The molecule has 0 unspecified atom stereocenters. The van der Waals surface area contributed by atoms with Crippen molar-refractivity contribution >= 4 is 33.3 Å². The van der Waals surface area contributed by atoms with Crippen LogP contribution in [-0.2, 0) is 0 Å². The number of nitrogens with one attached hydrogen (secondary N) is 2. The van der Waals surface area contributed by atoms with Gasteiger partial charge in [-0.05, 0) is 67.4 Å². The number of amides is 2. The second kappa shape index (κ2) is 9.41. The van der Waals surface area contributed by atoms with Crippen molar-refractivity contribution < 1.29 is 9.53 Å². The lowest BCUT2D eigenvalue weighted by molar-refractivity contribution is 0.250. The Kier molecular flexibility index (Phi) is 6.25. The van der Waals surface area contributed by atoms with Crippen molar-refractivity contribution in [3.8, 4) is 16.3 Å². The first-order valence-corrected chi connectivity index (χ1v) is 10.7. The van der Waals surface area contributed by atoms with Gasteiger partial charge in [0.25, 0.3) is 0 Å². The first-order valence-electron chi connectivity index (χ1n) is 9.88. The maximum absolute atomic E-state index is 12.1. The first kappa shape index (κ1) is 19.9. The van der Waals surface area contributed by atoms with E-state index in [-0.39, 0.29) is 6.03 Å². The number of thiazole rings is 1. The summed E-state index contributed by atoms with van der Waals surface area (Å²) in [6, 6.07) is 23.5. The number of aryl methyl sites for hydroxylation is 1. The van der Waals surface area contributed by atoms with Gasteiger partial charge < -0.3 is 15.4 Å². The van der Waals surface area contributed by atoms with Crippen molar-refractivity contribution in [2.75, 3.05) is 18.5 Å². The first-order chi connectivity index (χ1) is 14.7. The molecule has 2 N–H and O–H groups in total. The molecule has 3 aromatic carbocycles. The van der Waals surface area contributed by atoms with Crippen LogP contribution >= 0.6 is 11.3 Å². The molecule has 0 fully saturated rings. The van der Waals surface area contributed by atoms with Gasteiger partial charge >= 0.3 is 6.03 Å². The second-order valence-electron chi connectivity index (χ2n) is 6.96. The van der Waals surface area contributed by atoms with Crippen LogP contribution < -0.4 is 15.4 Å². The number of benzene rings is 3. The number of aromatic nitrogens is 1. The average Bonchev–Trinajstić information content (AvgIpc) is 3.18. The van der Waals surface area contributed by atoms with E-state index in [2.05, 4.69) is 35.8 Å². The lowest BCUT2D eigenvalue weighted by Gasteiger charge is -2.09. The molecule has 0 atom stereocenters. The van der Waals surface area contributed by atoms with Crippen LogP contribution in [-0.4, -0.2) is 24.2 Å². The predicted octanol–water partition coefficient (Wildman–Crippen LogP) is 5.86. The minimum Gasteiger partial charge on any atom is -0.494 e. The molecule has 2 amide bonds. The van der Waals surface area contributed by atoms with Crippen molar-refractivity contribution in [2.45, 2.75) is 13.3 Å². The summed E-state index contributed by atoms with van der Waals surface area (Å²) in [5, 5.41) is 6.68. The van der Waals surface area contributed by atoms with Gasteiger partial charge in [-0.1, -0.05) is 24.3 Å². The highest BCUT2D eigenvalue weighted by Gasteiger charge is 2.07. The molecule has 0 radical (unpaired) electrons. The predicted molar refractivity (Wildman–Crippen MR) is 123 cm³/mol. The zero-order valence-corrected chi connectivity index (χ0v) is 17.5. The summed E-state index contributed by atoms with van der Waals surface area (Å²) in [4.78, 5) is 16.8. The van der Waals surface area contributed by atoms with Crippen molar-refractivity contribution in [2.24, 2.45) is 0 Å². The number of urea groups is 1.